The van der Waals surface area contributed by atoms with Crippen LogP contribution in [0.3, 0.4) is 0 Å². The fourth-order valence-corrected chi connectivity index (χ4v) is 1.05. The summed E-state index contributed by atoms with van der Waals surface area (Å²) in [4.78, 5) is 0. The normalized spacial score (nSPS) is 14.2. The van der Waals surface area contributed by atoms with Gasteiger partial charge in [0.05, 0.1) is 0 Å². The number of ether oxygens (including phenoxy) is 2. The lowest BCUT2D eigenvalue weighted by Gasteiger charge is -2.20. The lowest BCUT2D eigenvalue weighted by atomic mass is 10.0. The first-order chi connectivity index (χ1) is 5.61. The maximum Gasteiger partial charge on any atom is 0.182 e. The summed E-state index contributed by atoms with van der Waals surface area (Å²) >= 11 is 0. The Bertz CT molecular complexity index is 99.9. The van der Waals surface area contributed by atoms with Crippen LogP contribution in [-0.4, -0.2) is 31.7 Å². The van der Waals surface area contributed by atoms with Crippen LogP contribution in [0.4, 0.5) is 0 Å². The molecule has 0 fully saturated rings. The monoisotopic (exact) mass is 176 g/mol. The van der Waals surface area contributed by atoms with Gasteiger partial charge in [0.2, 0.25) is 0 Å². The molecule has 0 heterocycles. The molecular weight excluding hydrogens is 156 g/mol. The van der Waals surface area contributed by atoms with Crippen molar-refractivity contribution in [1.82, 2.24) is 0 Å². The molecule has 0 spiro atoms. The van der Waals surface area contributed by atoms with Crippen molar-refractivity contribution in [2.45, 2.75) is 39.1 Å². The van der Waals surface area contributed by atoms with Crippen molar-refractivity contribution in [2.24, 2.45) is 5.92 Å². The summed E-state index contributed by atoms with van der Waals surface area (Å²) in [5, 5.41) is 9.51. The molecule has 0 saturated heterocycles. The molecule has 1 atom stereocenters. The fourth-order valence-electron chi connectivity index (χ4n) is 1.05. The molecule has 0 aliphatic rings. The molecule has 0 bridgehead atoms. The molecule has 1 N–H and O–H groups in total. The van der Waals surface area contributed by atoms with Gasteiger partial charge in [0.1, 0.15) is 6.10 Å². The van der Waals surface area contributed by atoms with Gasteiger partial charge >= 0.3 is 0 Å². The highest BCUT2D eigenvalue weighted by molar-refractivity contribution is 4.60. The Morgan fingerprint density at radius 3 is 1.92 bits per heavy atom. The molecule has 0 aliphatic heterocycles. The Kier molecular flexibility index (Phi) is 6.34. The molecule has 0 saturated carbocycles. The third-order valence-corrected chi connectivity index (χ3v) is 1.82. The lowest BCUT2D eigenvalue weighted by Crippen LogP contribution is -2.29. The number of aliphatic hydroxyl groups excluding tert-OH is 1. The van der Waals surface area contributed by atoms with Crippen LogP contribution < -0.4 is 0 Å². The van der Waals surface area contributed by atoms with Crippen molar-refractivity contribution in [3.8, 4) is 0 Å². The SMILES string of the molecule is COC(OC)C(O)CCC(C)C. The van der Waals surface area contributed by atoms with E-state index in [1.165, 1.54) is 14.2 Å². The van der Waals surface area contributed by atoms with Gasteiger partial charge in [-0.2, -0.15) is 0 Å². The van der Waals surface area contributed by atoms with Crippen LogP contribution in [0.25, 0.3) is 0 Å². The summed E-state index contributed by atoms with van der Waals surface area (Å²) in [6.07, 6.45) is 0.722. The van der Waals surface area contributed by atoms with Gasteiger partial charge in [0, 0.05) is 14.2 Å². The van der Waals surface area contributed by atoms with Crippen LogP contribution in [0.1, 0.15) is 26.7 Å². The fraction of sp³-hybridized carbons (Fsp3) is 1.00. The quantitative estimate of drug-likeness (QED) is 0.622. The van der Waals surface area contributed by atoms with Crippen molar-refractivity contribution < 1.29 is 14.6 Å². The lowest BCUT2D eigenvalue weighted by molar-refractivity contribution is -0.166. The molecule has 0 radical (unpaired) electrons. The number of methoxy groups -OCH3 is 2. The van der Waals surface area contributed by atoms with Crippen LogP contribution in [0.2, 0.25) is 0 Å². The molecule has 0 aromatic heterocycles. The smallest absolute Gasteiger partial charge is 0.182 e. The average Bonchev–Trinajstić information content (AvgIpc) is 2.03. The second-order valence-corrected chi connectivity index (χ2v) is 3.38. The highest BCUT2D eigenvalue weighted by Gasteiger charge is 2.17. The Labute approximate surface area is 74.7 Å². The second kappa shape index (κ2) is 6.40. The van der Waals surface area contributed by atoms with Crippen molar-refractivity contribution in [1.29, 1.82) is 0 Å². The Balaban J connectivity index is 3.61. The van der Waals surface area contributed by atoms with E-state index in [-0.39, 0.29) is 0 Å². The van der Waals surface area contributed by atoms with Crippen molar-refractivity contribution in [3.05, 3.63) is 0 Å². The van der Waals surface area contributed by atoms with Crippen LogP contribution in [0.15, 0.2) is 0 Å². The molecule has 3 heteroatoms. The molecule has 3 nitrogen and oxygen atoms in total. The van der Waals surface area contributed by atoms with E-state index >= 15 is 0 Å². The van der Waals surface area contributed by atoms with Crippen LogP contribution in [0, 0.1) is 5.92 Å². The Hall–Kier alpha value is -0.120. The van der Waals surface area contributed by atoms with Crippen LogP contribution in [-0.2, 0) is 9.47 Å². The van der Waals surface area contributed by atoms with E-state index < -0.39 is 12.4 Å². The number of hydrogen-bond acceptors (Lipinski definition) is 3. The molecule has 0 aliphatic carbocycles. The summed E-state index contributed by atoms with van der Waals surface area (Å²) in [7, 11) is 3.07. The van der Waals surface area contributed by atoms with E-state index in [2.05, 4.69) is 13.8 Å². The first-order valence-corrected chi connectivity index (χ1v) is 4.35. The summed E-state index contributed by atoms with van der Waals surface area (Å²) < 4.78 is 9.84. The third kappa shape index (κ3) is 4.70. The molecular formula is C9H20O3. The molecule has 0 amide bonds. The zero-order valence-corrected chi connectivity index (χ0v) is 8.41. The van der Waals surface area contributed by atoms with E-state index in [1.54, 1.807) is 0 Å². The predicted octanol–water partition coefficient (Wildman–Crippen LogP) is 1.40. The van der Waals surface area contributed by atoms with E-state index in [0.29, 0.717) is 5.92 Å². The summed E-state index contributed by atoms with van der Waals surface area (Å²) in [6, 6.07) is 0. The maximum atomic E-state index is 9.51. The van der Waals surface area contributed by atoms with Crippen molar-refractivity contribution in [3.63, 3.8) is 0 Å². The molecule has 74 valence electrons. The highest BCUT2D eigenvalue weighted by atomic mass is 16.7. The molecule has 0 rings (SSSR count). The highest BCUT2D eigenvalue weighted by Crippen LogP contribution is 2.11. The molecule has 1 unspecified atom stereocenters. The zero-order chi connectivity index (χ0) is 9.56. The minimum atomic E-state index is -0.512. The Morgan fingerprint density at radius 1 is 1.08 bits per heavy atom. The van der Waals surface area contributed by atoms with Gasteiger partial charge in [-0.1, -0.05) is 13.8 Å². The summed E-state index contributed by atoms with van der Waals surface area (Å²) in [6.45, 7) is 4.25. The second-order valence-electron chi connectivity index (χ2n) is 3.38. The Morgan fingerprint density at radius 2 is 1.58 bits per heavy atom. The van der Waals surface area contributed by atoms with E-state index in [4.69, 9.17) is 9.47 Å². The van der Waals surface area contributed by atoms with E-state index in [0.717, 1.165) is 12.8 Å². The standard InChI is InChI=1S/C9H20O3/c1-7(2)5-6-8(10)9(11-3)12-4/h7-10H,5-6H2,1-4H3. The molecule has 12 heavy (non-hydrogen) atoms. The number of aliphatic hydroxyl groups is 1. The first-order valence-electron chi connectivity index (χ1n) is 4.35. The zero-order valence-electron chi connectivity index (χ0n) is 8.41. The topological polar surface area (TPSA) is 38.7 Å². The van der Waals surface area contributed by atoms with Gasteiger partial charge in [0.15, 0.2) is 6.29 Å². The van der Waals surface area contributed by atoms with Gasteiger partial charge in [-0.25, -0.2) is 0 Å². The average molecular weight is 176 g/mol. The number of rotatable bonds is 6. The first kappa shape index (κ1) is 11.9. The minimum absolute atomic E-state index is 0.483. The third-order valence-electron chi connectivity index (χ3n) is 1.82. The van der Waals surface area contributed by atoms with E-state index in [1.807, 2.05) is 0 Å². The summed E-state index contributed by atoms with van der Waals surface area (Å²) in [5.74, 6) is 0.606. The van der Waals surface area contributed by atoms with Crippen LogP contribution >= 0.6 is 0 Å². The molecule has 0 aromatic rings. The van der Waals surface area contributed by atoms with Crippen molar-refractivity contribution >= 4 is 0 Å². The number of hydrogen-bond donors (Lipinski definition) is 1. The van der Waals surface area contributed by atoms with Gasteiger partial charge in [-0.15, -0.1) is 0 Å². The largest absolute Gasteiger partial charge is 0.388 e. The van der Waals surface area contributed by atoms with Gasteiger partial charge < -0.3 is 14.6 Å². The van der Waals surface area contributed by atoms with Gasteiger partial charge in [-0.05, 0) is 18.8 Å². The summed E-state index contributed by atoms with van der Waals surface area (Å²) in [5.41, 5.74) is 0. The minimum Gasteiger partial charge on any atom is -0.388 e. The van der Waals surface area contributed by atoms with Crippen LogP contribution in [0.5, 0.6) is 0 Å². The van der Waals surface area contributed by atoms with Gasteiger partial charge in [-0.3, -0.25) is 0 Å². The van der Waals surface area contributed by atoms with Gasteiger partial charge in [0.25, 0.3) is 0 Å². The molecule has 0 aromatic carbocycles. The van der Waals surface area contributed by atoms with Crippen molar-refractivity contribution in [2.75, 3.05) is 14.2 Å². The maximum absolute atomic E-state index is 9.51. The predicted molar refractivity (Wildman–Crippen MR) is 47.9 cm³/mol. The van der Waals surface area contributed by atoms with E-state index in [9.17, 15) is 5.11 Å².